The maximum atomic E-state index is 2.78. The van der Waals surface area contributed by atoms with Gasteiger partial charge in [-0.3, -0.25) is 0 Å². The summed E-state index contributed by atoms with van der Waals surface area (Å²) in [5, 5.41) is 3.74. The molecule has 10 rings (SSSR count). The van der Waals surface area contributed by atoms with Gasteiger partial charge in [0.05, 0.1) is 0 Å². The molecule has 1 unspecified atom stereocenters. The van der Waals surface area contributed by atoms with E-state index in [1.165, 1.54) is 166 Å². The van der Waals surface area contributed by atoms with Crippen LogP contribution >= 0.6 is 0 Å². The van der Waals surface area contributed by atoms with E-state index in [0.29, 0.717) is 71.0 Å². The van der Waals surface area contributed by atoms with Gasteiger partial charge in [0.15, 0.2) is 8.07 Å². The summed E-state index contributed by atoms with van der Waals surface area (Å²) in [6.45, 7) is 67.1. The predicted octanol–water partition coefficient (Wildman–Crippen LogP) is 28.7. The molecule has 1 aliphatic carbocycles. The van der Waals surface area contributed by atoms with Gasteiger partial charge in [-0.2, -0.15) is 0 Å². The Bertz CT molecular complexity index is 3730. The van der Waals surface area contributed by atoms with Crippen LogP contribution in [-0.2, 0) is 0 Å². The summed E-state index contributed by atoms with van der Waals surface area (Å²) in [6.07, 6.45) is 2.78. The zero-order chi connectivity index (χ0) is 73.0. The van der Waals surface area contributed by atoms with E-state index in [0.717, 1.165) is 0 Å². The lowest BCUT2D eigenvalue weighted by atomic mass is 9.88. The molecule has 0 saturated heterocycles. The average molecular weight is 1340 g/mol. The fourth-order valence-corrected chi connectivity index (χ4v) is 21.9. The van der Waals surface area contributed by atoms with Crippen molar-refractivity contribution in [1.82, 2.24) is 0 Å². The van der Waals surface area contributed by atoms with Gasteiger partial charge in [0.2, 0.25) is 0 Å². The van der Waals surface area contributed by atoms with Gasteiger partial charge in [-0.25, -0.2) is 0 Å². The molecule has 0 N–H and O–H groups in total. The molecule has 0 spiro atoms. The summed E-state index contributed by atoms with van der Waals surface area (Å²) < 4.78 is 0. The van der Waals surface area contributed by atoms with E-state index in [1.807, 2.05) is 0 Å². The second-order valence-electron chi connectivity index (χ2n) is 34.6. The van der Waals surface area contributed by atoms with Crippen LogP contribution in [0.25, 0.3) is 66.8 Å². The second-order valence-corrected chi connectivity index (χ2v) is 38.9. The molecule has 1 heteroatoms. The zero-order valence-corrected chi connectivity index (χ0v) is 68.1. The minimum absolute atomic E-state index is 0.347. The van der Waals surface area contributed by atoms with E-state index in [1.54, 1.807) is 0 Å². The minimum Gasteiger partial charge on any atom is -0.0730 e. The molecule has 0 saturated carbocycles. The number of allylic oxidation sites excluding steroid dienone is 4. The Morgan fingerprint density at radius 3 is 0.460 bits per heavy atom. The highest BCUT2D eigenvalue weighted by molar-refractivity contribution is 7.14. The first kappa shape index (κ1) is 75.3. The zero-order valence-electron chi connectivity index (χ0n) is 67.1. The Morgan fingerprint density at radius 2 is 0.340 bits per heavy atom. The Balaban J connectivity index is 1.57. The van der Waals surface area contributed by atoms with E-state index in [-0.39, 0.29) is 0 Å². The lowest BCUT2D eigenvalue weighted by Crippen LogP contribution is -2.73. The van der Waals surface area contributed by atoms with E-state index in [9.17, 15) is 0 Å². The molecule has 0 heterocycles. The van der Waals surface area contributed by atoms with Crippen molar-refractivity contribution in [3.05, 3.63) is 253 Å². The monoisotopic (exact) mass is 1340 g/mol. The highest BCUT2D eigenvalue weighted by atomic mass is 28.3. The van der Waals surface area contributed by atoms with Gasteiger partial charge in [-0.15, -0.1) is 0 Å². The third kappa shape index (κ3) is 15.2. The predicted molar refractivity (Wildman–Crippen MR) is 446 cm³/mol. The standard InChI is InChI=1S/C99H124Si/c1-57(2)72-29-73(58(3)4)36-84(35-72)90-47-91(85-37-74(59(5)6)30-75(38-85)60(7)8)51-96(50-90)100(99(28)56-69(25)70(26)71(99)27,97-52-92(86-39-76(61(9)10)31-77(40-86)62(11)12)48-93(53-97)87-41-78(63(13)14)32-79(42-87)64(15)16)98-54-94(88-43-80(65(17)18)33-81(44-88)66(19)20)49-95(55-98)89-45-82(67(21)22)34-83(46-89)68(23)24/h29-68H,1-28H3. The molecule has 1 atom stereocenters. The van der Waals surface area contributed by atoms with Crippen LogP contribution in [0.3, 0.4) is 0 Å². The first-order valence-corrected chi connectivity index (χ1v) is 40.7. The first-order chi connectivity index (χ1) is 47.0. The fourth-order valence-electron chi connectivity index (χ4n) is 15.7. The summed E-state index contributed by atoms with van der Waals surface area (Å²) >= 11 is 0. The molecule has 9 aromatic carbocycles. The molecule has 524 valence electrons. The molecule has 0 fully saturated rings. The summed E-state index contributed by atoms with van der Waals surface area (Å²) in [7, 11) is -3.81. The number of hydrogen-bond acceptors (Lipinski definition) is 0. The van der Waals surface area contributed by atoms with Crippen LogP contribution in [0, 0.1) is 0 Å². The lowest BCUT2D eigenvalue weighted by Gasteiger charge is -2.48. The Labute approximate surface area is 609 Å². The molecule has 0 radical (unpaired) electrons. The van der Waals surface area contributed by atoms with Gasteiger partial charge in [0.1, 0.15) is 0 Å². The number of benzene rings is 9. The van der Waals surface area contributed by atoms with Crippen molar-refractivity contribution in [2.45, 2.75) is 270 Å². The molecule has 0 nitrogen and oxygen atoms in total. The van der Waals surface area contributed by atoms with Crippen molar-refractivity contribution in [2.75, 3.05) is 0 Å². The Hall–Kier alpha value is -7.32. The molecule has 9 aromatic rings. The van der Waals surface area contributed by atoms with Crippen molar-refractivity contribution in [3.8, 4) is 66.8 Å². The summed E-state index contributed by atoms with van der Waals surface area (Å²) in [6, 6.07) is 69.8. The van der Waals surface area contributed by atoms with Crippen LogP contribution in [0.5, 0.6) is 0 Å². The van der Waals surface area contributed by atoms with E-state index >= 15 is 0 Å². The lowest BCUT2D eigenvalue weighted by molar-refractivity contribution is 0.834. The third-order valence-electron chi connectivity index (χ3n) is 23.2. The molecular weight excluding hydrogens is 1220 g/mol. The largest absolute Gasteiger partial charge is 0.161 e. The van der Waals surface area contributed by atoms with Gasteiger partial charge >= 0.3 is 0 Å². The van der Waals surface area contributed by atoms with Crippen molar-refractivity contribution >= 4 is 23.6 Å². The average Bonchev–Trinajstić information content (AvgIpc) is 1.29. The van der Waals surface area contributed by atoms with Crippen LogP contribution in [0.1, 0.15) is 332 Å². The molecule has 100 heavy (non-hydrogen) atoms. The van der Waals surface area contributed by atoms with Crippen LogP contribution in [0.15, 0.2) is 187 Å². The van der Waals surface area contributed by atoms with Crippen LogP contribution < -0.4 is 15.6 Å². The third-order valence-corrected chi connectivity index (χ3v) is 28.7. The van der Waals surface area contributed by atoms with E-state index < -0.39 is 13.1 Å². The maximum absolute atomic E-state index is 3.81. The van der Waals surface area contributed by atoms with Crippen molar-refractivity contribution in [2.24, 2.45) is 0 Å². The highest BCUT2D eigenvalue weighted by Gasteiger charge is 2.57. The summed E-state index contributed by atoms with van der Waals surface area (Å²) in [5.41, 5.74) is 36.2. The normalized spacial score (nSPS) is 14.7. The van der Waals surface area contributed by atoms with Crippen molar-refractivity contribution in [1.29, 1.82) is 0 Å². The van der Waals surface area contributed by atoms with Crippen LogP contribution in [-0.4, -0.2) is 8.07 Å². The van der Waals surface area contributed by atoms with Crippen molar-refractivity contribution < 1.29 is 0 Å². The molecular formula is C99H124Si. The summed E-state index contributed by atoms with van der Waals surface area (Å²) in [5.74, 6) is 4.17. The first-order valence-electron chi connectivity index (χ1n) is 38.7. The van der Waals surface area contributed by atoms with Gasteiger partial charge in [0.25, 0.3) is 0 Å². The molecule has 0 amide bonds. The smallest absolute Gasteiger partial charge is 0.0730 e. The highest BCUT2D eigenvalue weighted by Crippen LogP contribution is 2.55. The van der Waals surface area contributed by atoms with Gasteiger partial charge in [-0.05, 0) is 265 Å². The Morgan fingerprint density at radius 1 is 0.200 bits per heavy atom. The Kier molecular flexibility index (Phi) is 22.6. The molecule has 0 aliphatic heterocycles. The molecule has 1 aliphatic rings. The van der Waals surface area contributed by atoms with Gasteiger partial charge < -0.3 is 0 Å². The van der Waals surface area contributed by atoms with Crippen LogP contribution in [0.4, 0.5) is 0 Å². The number of hydrogen-bond donors (Lipinski definition) is 0. The van der Waals surface area contributed by atoms with Crippen molar-refractivity contribution in [3.63, 3.8) is 0 Å². The molecule has 0 bridgehead atoms. The second kappa shape index (κ2) is 29.9. The van der Waals surface area contributed by atoms with E-state index in [2.05, 4.69) is 364 Å². The number of rotatable bonds is 22. The minimum atomic E-state index is -3.81. The summed E-state index contributed by atoms with van der Waals surface area (Å²) in [4.78, 5) is 0. The van der Waals surface area contributed by atoms with E-state index in [4.69, 9.17) is 0 Å². The van der Waals surface area contributed by atoms with Crippen LogP contribution in [0.2, 0.25) is 5.04 Å². The topological polar surface area (TPSA) is 0 Å². The maximum Gasteiger partial charge on any atom is 0.161 e. The SMILES string of the molecule is CC1=CC(C)([Si](c2cc(-c3cc(C(C)C)cc(C(C)C)c3)cc(-c3cc(C(C)C)cc(C(C)C)c3)c2)(c2cc(-c3cc(C(C)C)cc(C(C)C)c3)cc(-c3cc(C(C)C)cc(C(C)C)c3)c2)c2cc(-c3cc(C(C)C)cc(C(C)C)c3)cc(-c3cc(C(C)C)cc(C(C)C)c3)c2)C(C)=C1C. The fraction of sp³-hybridized carbons (Fsp3) is 0.414. The van der Waals surface area contributed by atoms with Gasteiger partial charge in [0, 0.05) is 5.04 Å². The molecule has 0 aromatic heterocycles. The quantitative estimate of drug-likeness (QED) is 0.0469. The van der Waals surface area contributed by atoms with Gasteiger partial charge in [-0.1, -0.05) is 336 Å².